The summed E-state index contributed by atoms with van der Waals surface area (Å²) in [6.45, 7) is 0.0759. The first-order valence-electron chi connectivity index (χ1n) is 6.90. The van der Waals surface area contributed by atoms with Gasteiger partial charge in [-0.05, 0) is 29.8 Å². The summed E-state index contributed by atoms with van der Waals surface area (Å²) in [5, 5.41) is 10.8. The molecule has 2 rings (SSSR count). The molecule has 0 saturated carbocycles. The van der Waals surface area contributed by atoms with E-state index in [0.29, 0.717) is 0 Å². The van der Waals surface area contributed by atoms with E-state index in [1.54, 1.807) is 0 Å². The molecule has 24 heavy (non-hydrogen) atoms. The van der Waals surface area contributed by atoms with Crippen molar-refractivity contribution >= 4 is 33.0 Å². The predicted molar refractivity (Wildman–Crippen MR) is 92.9 cm³/mol. The Morgan fingerprint density at radius 2 is 1.79 bits per heavy atom. The third-order valence-corrected chi connectivity index (χ3v) is 5.06. The summed E-state index contributed by atoms with van der Waals surface area (Å²) < 4.78 is 27.0. The van der Waals surface area contributed by atoms with Crippen LogP contribution in [0.15, 0.2) is 47.4 Å². The van der Waals surface area contributed by atoms with Crippen molar-refractivity contribution in [2.45, 2.75) is 11.4 Å². The van der Waals surface area contributed by atoms with Crippen molar-refractivity contribution in [2.75, 3.05) is 19.0 Å². The molecule has 0 aromatic heterocycles. The van der Waals surface area contributed by atoms with E-state index >= 15 is 0 Å². The van der Waals surface area contributed by atoms with E-state index in [1.807, 2.05) is 43.3 Å². The van der Waals surface area contributed by atoms with Crippen molar-refractivity contribution in [2.24, 2.45) is 0 Å². The van der Waals surface area contributed by atoms with Crippen molar-refractivity contribution in [3.05, 3.63) is 63.2 Å². The van der Waals surface area contributed by atoms with Crippen LogP contribution in [0.25, 0.3) is 0 Å². The molecule has 2 aromatic carbocycles. The number of nitrogens with one attached hydrogen (secondary N) is 1. The van der Waals surface area contributed by atoms with E-state index < -0.39 is 20.6 Å². The van der Waals surface area contributed by atoms with Gasteiger partial charge in [0.2, 0.25) is 10.0 Å². The summed E-state index contributed by atoms with van der Waals surface area (Å²) in [6.07, 6.45) is 0. The summed E-state index contributed by atoms with van der Waals surface area (Å²) in [5.41, 5.74) is 1.32. The van der Waals surface area contributed by atoms with Crippen molar-refractivity contribution < 1.29 is 13.3 Å². The zero-order chi connectivity index (χ0) is 17.9. The van der Waals surface area contributed by atoms with E-state index in [2.05, 4.69) is 4.72 Å². The number of hydrogen-bond acceptors (Lipinski definition) is 5. The van der Waals surface area contributed by atoms with E-state index in [-0.39, 0.29) is 16.5 Å². The molecule has 0 aliphatic carbocycles. The minimum atomic E-state index is -3.88. The number of nitrogens with zero attached hydrogens (tertiary/aromatic N) is 2. The first kappa shape index (κ1) is 18.2. The number of anilines is 1. The zero-order valence-corrected chi connectivity index (χ0v) is 14.6. The maximum absolute atomic E-state index is 12.3. The summed E-state index contributed by atoms with van der Waals surface area (Å²) in [5.74, 6) is 0. The van der Waals surface area contributed by atoms with Crippen molar-refractivity contribution in [1.82, 2.24) is 4.72 Å². The average molecular weight is 370 g/mol. The fourth-order valence-corrected chi connectivity index (χ4v) is 3.20. The Morgan fingerprint density at radius 1 is 1.17 bits per heavy atom. The highest BCUT2D eigenvalue weighted by Gasteiger charge is 2.20. The highest BCUT2D eigenvalue weighted by atomic mass is 35.5. The Morgan fingerprint density at radius 3 is 2.33 bits per heavy atom. The molecule has 0 saturated heterocycles. The molecular formula is C15H16ClN3O4S. The monoisotopic (exact) mass is 369 g/mol. The van der Waals surface area contributed by atoms with E-state index in [4.69, 9.17) is 11.6 Å². The van der Waals surface area contributed by atoms with Gasteiger partial charge in [-0.25, -0.2) is 13.1 Å². The van der Waals surface area contributed by atoms with Crippen LogP contribution < -0.4 is 9.62 Å². The SMILES string of the molecule is CN(C)c1ccc(CNS(=O)(=O)c2ccc(Cl)c([N+](=O)[O-])c2)cc1. The molecule has 0 spiro atoms. The number of halogens is 1. The molecule has 0 amide bonds. The van der Waals surface area contributed by atoms with Crippen LogP contribution in [0.1, 0.15) is 5.56 Å². The minimum absolute atomic E-state index is 0.0759. The Bertz CT molecular complexity index is 852. The van der Waals surface area contributed by atoms with Crippen LogP contribution in [0.3, 0.4) is 0 Å². The van der Waals surface area contributed by atoms with Gasteiger partial charge in [0, 0.05) is 32.4 Å². The maximum Gasteiger partial charge on any atom is 0.289 e. The van der Waals surface area contributed by atoms with Gasteiger partial charge in [0.25, 0.3) is 5.69 Å². The summed E-state index contributed by atoms with van der Waals surface area (Å²) >= 11 is 5.69. The van der Waals surface area contributed by atoms with Gasteiger partial charge in [-0.3, -0.25) is 10.1 Å². The Labute approximate surface area is 145 Å². The summed E-state index contributed by atoms with van der Waals surface area (Å²) in [4.78, 5) is 11.9. The second kappa shape index (κ2) is 7.16. The number of rotatable bonds is 6. The Kier molecular flexibility index (Phi) is 5.43. The molecule has 1 N–H and O–H groups in total. The summed E-state index contributed by atoms with van der Waals surface area (Å²) in [7, 11) is -0.0654. The second-order valence-corrected chi connectivity index (χ2v) is 7.43. The van der Waals surface area contributed by atoms with E-state index in [9.17, 15) is 18.5 Å². The van der Waals surface area contributed by atoms with Crippen LogP contribution in [-0.2, 0) is 16.6 Å². The Hall–Kier alpha value is -2.16. The normalized spacial score (nSPS) is 11.3. The predicted octanol–water partition coefficient (Wildman–Crippen LogP) is 2.79. The molecule has 0 heterocycles. The number of benzene rings is 2. The van der Waals surface area contributed by atoms with Crippen LogP contribution in [0.4, 0.5) is 11.4 Å². The van der Waals surface area contributed by atoms with Crippen LogP contribution in [0.2, 0.25) is 5.02 Å². The van der Waals surface area contributed by atoms with Gasteiger partial charge in [0.1, 0.15) is 5.02 Å². The lowest BCUT2D eigenvalue weighted by Gasteiger charge is -2.13. The standard InChI is InChI=1S/C15H16ClN3O4S/c1-18(2)12-5-3-11(4-6-12)10-17-24(22,23)13-7-8-14(16)15(9-13)19(20)21/h3-9,17H,10H2,1-2H3. The number of nitro benzene ring substituents is 1. The fourth-order valence-electron chi connectivity index (χ4n) is 1.97. The van der Waals surface area contributed by atoms with Crippen LogP contribution in [-0.4, -0.2) is 27.4 Å². The third-order valence-electron chi connectivity index (χ3n) is 3.34. The molecule has 9 heteroatoms. The highest BCUT2D eigenvalue weighted by molar-refractivity contribution is 7.89. The molecular weight excluding hydrogens is 354 g/mol. The van der Waals surface area contributed by atoms with E-state index in [1.165, 1.54) is 12.1 Å². The first-order valence-corrected chi connectivity index (χ1v) is 8.76. The van der Waals surface area contributed by atoms with Gasteiger partial charge in [0.15, 0.2) is 0 Å². The zero-order valence-electron chi connectivity index (χ0n) is 13.1. The van der Waals surface area contributed by atoms with Crippen molar-refractivity contribution in [1.29, 1.82) is 0 Å². The topological polar surface area (TPSA) is 92.6 Å². The molecule has 0 fully saturated rings. The van der Waals surface area contributed by atoms with Crippen molar-refractivity contribution in [3.8, 4) is 0 Å². The molecule has 0 aliphatic rings. The largest absolute Gasteiger partial charge is 0.378 e. The maximum atomic E-state index is 12.3. The molecule has 0 radical (unpaired) electrons. The van der Waals surface area contributed by atoms with Gasteiger partial charge in [-0.1, -0.05) is 23.7 Å². The van der Waals surface area contributed by atoms with Crippen LogP contribution >= 0.6 is 11.6 Å². The molecule has 0 bridgehead atoms. The van der Waals surface area contributed by atoms with Gasteiger partial charge in [-0.2, -0.15) is 0 Å². The Balaban J connectivity index is 2.17. The van der Waals surface area contributed by atoms with Crippen molar-refractivity contribution in [3.63, 3.8) is 0 Å². The molecule has 128 valence electrons. The number of hydrogen-bond donors (Lipinski definition) is 1. The molecule has 0 unspecified atom stereocenters. The lowest BCUT2D eigenvalue weighted by molar-refractivity contribution is -0.384. The van der Waals surface area contributed by atoms with Crippen LogP contribution in [0, 0.1) is 10.1 Å². The molecule has 0 atom stereocenters. The van der Waals surface area contributed by atoms with Gasteiger partial charge in [-0.15, -0.1) is 0 Å². The molecule has 7 nitrogen and oxygen atoms in total. The fraction of sp³-hybridized carbons (Fsp3) is 0.200. The van der Waals surface area contributed by atoms with Gasteiger partial charge >= 0.3 is 0 Å². The quantitative estimate of drug-likeness (QED) is 0.624. The van der Waals surface area contributed by atoms with Gasteiger partial charge < -0.3 is 4.90 Å². The molecule has 0 aliphatic heterocycles. The molecule has 2 aromatic rings. The average Bonchev–Trinajstić information content (AvgIpc) is 2.53. The smallest absolute Gasteiger partial charge is 0.289 e. The third kappa shape index (κ3) is 4.22. The number of sulfonamides is 1. The van der Waals surface area contributed by atoms with Gasteiger partial charge in [0.05, 0.1) is 9.82 Å². The summed E-state index contributed by atoms with van der Waals surface area (Å²) in [6, 6.07) is 10.7. The number of nitro groups is 1. The second-order valence-electron chi connectivity index (χ2n) is 5.26. The first-order chi connectivity index (χ1) is 11.2. The highest BCUT2D eigenvalue weighted by Crippen LogP contribution is 2.27. The van der Waals surface area contributed by atoms with E-state index in [0.717, 1.165) is 17.3 Å². The lowest BCUT2D eigenvalue weighted by atomic mass is 10.2. The minimum Gasteiger partial charge on any atom is -0.378 e. The van der Waals surface area contributed by atoms with Crippen LogP contribution in [0.5, 0.6) is 0 Å². The lowest BCUT2D eigenvalue weighted by Crippen LogP contribution is -2.23.